The molecule has 0 fully saturated rings. The number of phenolic OH excluding ortho intramolecular Hbond substituents is 2. The van der Waals surface area contributed by atoms with Crippen molar-refractivity contribution in [2.45, 2.75) is 20.3 Å². The maximum Gasteiger partial charge on any atom is 0.309 e. The van der Waals surface area contributed by atoms with Gasteiger partial charge < -0.3 is 15.3 Å². The summed E-state index contributed by atoms with van der Waals surface area (Å²) in [5.41, 5.74) is -1.46. The van der Waals surface area contributed by atoms with Gasteiger partial charge in [0.15, 0.2) is 11.5 Å². The Morgan fingerprint density at radius 1 is 1.47 bits per heavy atom. The van der Waals surface area contributed by atoms with Gasteiger partial charge in [0.2, 0.25) is 0 Å². The summed E-state index contributed by atoms with van der Waals surface area (Å²) in [6, 6.07) is 1.02. The molecule has 0 aliphatic rings. The molecule has 1 rings (SSSR count). The molecule has 0 aromatic heterocycles. The minimum absolute atomic E-state index is 0.0241. The topological polar surface area (TPSA) is 77.8 Å². The Bertz CT molecular complexity index is 445. The van der Waals surface area contributed by atoms with E-state index < -0.39 is 28.7 Å². The van der Waals surface area contributed by atoms with Crippen molar-refractivity contribution in [1.29, 1.82) is 0 Å². The Balaban J connectivity index is 3.28. The Hall–Kier alpha value is -1.30. The van der Waals surface area contributed by atoms with Gasteiger partial charge in [-0.2, -0.15) is 0 Å². The van der Waals surface area contributed by atoms with Gasteiger partial charge in [-0.3, -0.25) is 4.79 Å². The van der Waals surface area contributed by atoms with Crippen LogP contribution in [0.2, 0.25) is 0 Å². The van der Waals surface area contributed by atoms with Crippen molar-refractivity contribution < 1.29 is 24.5 Å². The third kappa shape index (κ3) is 2.69. The number of halogens is 2. The van der Waals surface area contributed by atoms with E-state index in [4.69, 9.17) is 5.11 Å². The van der Waals surface area contributed by atoms with Gasteiger partial charge in [0.1, 0.15) is 5.82 Å². The number of aliphatic carboxylic acids is 1. The quantitative estimate of drug-likeness (QED) is 0.750. The standard InChI is InChI=1S/C11H12BrFO4/c1-11(2,10(16)17)4-5-8(13)6(12)3-7(14)9(5)15/h3,14-15H,4H2,1-2H3,(H,16,17). The molecule has 0 aliphatic carbocycles. The molecule has 94 valence electrons. The minimum Gasteiger partial charge on any atom is -0.504 e. The molecule has 3 N–H and O–H groups in total. The van der Waals surface area contributed by atoms with Crippen molar-refractivity contribution >= 4 is 21.9 Å². The number of hydrogen-bond acceptors (Lipinski definition) is 3. The van der Waals surface area contributed by atoms with Crippen LogP contribution in [0.3, 0.4) is 0 Å². The van der Waals surface area contributed by atoms with E-state index in [2.05, 4.69) is 15.9 Å². The predicted molar refractivity (Wildman–Crippen MR) is 62.6 cm³/mol. The van der Waals surface area contributed by atoms with Crippen molar-refractivity contribution in [2.75, 3.05) is 0 Å². The monoisotopic (exact) mass is 306 g/mol. The number of carboxylic acids is 1. The van der Waals surface area contributed by atoms with E-state index in [0.717, 1.165) is 6.07 Å². The number of rotatable bonds is 3. The highest BCUT2D eigenvalue weighted by atomic mass is 79.9. The molecule has 0 atom stereocenters. The molecule has 0 saturated carbocycles. The van der Waals surface area contributed by atoms with Crippen molar-refractivity contribution in [3.8, 4) is 11.5 Å². The van der Waals surface area contributed by atoms with E-state index in [0.29, 0.717) is 0 Å². The van der Waals surface area contributed by atoms with Crippen molar-refractivity contribution in [3.05, 3.63) is 21.9 Å². The summed E-state index contributed by atoms with van der Waals surface area (Å²) in [5.74, 6) is -3.00. The van der Waals surface area contributed by atoms with E-state index in [9.17, 15) is 19.4 Å². The maximum absolute atomic E-state index is 13.7. The normalized spacial score (nSPS) is 11.5. The lowest BCUT2D eigenvalue weighted by Crippen LogP contribution is -2.26. The SMILES string of the molecule is CC(C)(Cc1c(O)c(O)cc(Br)c1F)C(=O)O. The minimum atomic E-state index is -1.24. The molecule has 0 unspecified atom stereocenters. The zero-order chi connectivity index (χ0) is 13.4. The van der Waals surface area contributed by atoms with Crippen LogP contribution in [0.4, 0.5) is 4.39 Å². The summed E-state index contributed by atoms with van der Waals surface area (Å²) in [6.45, 7) is 2.82. The van der Waals surface area contributed by atoms with E-state index in [1.165, 1.54) is 13.8 Å². The van der Waals surface area contributed by atoms with Crippen LogP contribution < -0.4 is 0 Å². The highest BCUT2D eigenvalue weighted by Crippen LogP contribution is 2.38. The third-order valence-electron chi connectivity index (χ3n) is 2.46. The molecule has 0 radical (unpaired) electrons. The second kappa shape index (κ2) is 4.52. The van der Waals surface area contributed by atoms with Crippen LogP contribution in [0.1, 0.15) is 19.4 Å². The van der Waals surface area contributed by atoms with Crippen LogP contribution in [0.5, 0.6) is 11.5 Å². The lowest BCUT2D eigenvalue weighted by molar-refractivity contribution is -0.146. The molecule has 1 aromatic rings. The molecule has 6 heteroatoms. The van der Waals surface area contributed by atoms with E-state index in [1.807, 2.05) is 0 Å². The summed E-state index contributed by atoms with van der Waals surface area (Å²) in [6.07, 6.45) is -0.229. The second-order valence-corrected chi connectivity index (χ2v) is 5.24. The molecule has 0 saturated heterocycles. The first kappa shape index (κ1) is 13.8. The van der Waals surface area contributed by atoms with Gasteiger partial charge in [0.25, 0.3) is 0 Å². The lowest BCUT2D eigenvalue weighted by atomic mass is 9.85. The molecular formula is C11H12BrFO4. The van der Waals surface area contributed by atoms with Crippen molar-refractivity contribution in [2.24, 2.45) is 5.41 Å². The number of phenols is 2. The summed E-state index contributed by atoms with van der Waals surface area (Å²) < 4.78 is 13.7. The first-order valence-electron chi connectivity index (χ1n) is 4.79. The molecule has 1 aromatic carbocycles. The summed E-state index contributed by atoms with van der Waals surface area (Å²) in [4.78, 5) is 10.9. The number of benzene rings is 1. The van der Waals surface area contributed by atoms with Crippen LogP contribution in [0, 0.1) is 11.2 Å². The second-order valence-electron chi connectivity index (χ2n) is 4.38. The number of carboxylic acid groups (broad SMARTS) is 1. The van der Waals surface area contributed by atoms with Crippen LogP contribution in [0.25, 0.3) is 0 Å². The molecule has 0 heterocycles. The van der Waals surface area contributed by atoms with Crippen molar-refractivity contribution in [1.82, 2.24) is 0 Å². The van der Waals surface area contributed by atoms with Gasteiger partial charge in [-0.1, -0.05) is 0 Å². The summed E-state index contributed by atoms with van der Waals surface area (Å²) >= 11 is 2.88. The first-order chi connectivity index (χ1) is 7.66. The zero-order valence-electron chi connectivity index (χ0n) is 9.29. The van der Waals surface area contributed by atoms with Gasteiger partial charge in [-0.15, -0.1) is 0 Å². The van der Waals surface area contributed by atoms with Crippen LogP contribution in [0.15, 0.2) is 10.5 Å². The lowest BCUT2D eigenvalue weighted by Gasteiger charge is -2.20. The molecule has 0 spiro atoms. The zero-order valence-corrected chi connectivity index (χ0v) is 10.9. The molecule has 17 heavy (non-hydrogen) atoms. The molecule has 0 bridgehead atoms. The fourth-order valence-corrected chi connectivity index (χ4v) is 1.79. The van der Waals surface area contributed by atoms with Gasteiger partial charge in [0.05, 0.1) is 9.89 Å². The van der Waals surface area contributed by atoms with Gasteiger partial charge >= 0.3 is 5.97 Å². The van der Waals surface area contributed by atoms with E-state index in [-0.39, 0.29) is 16.5 Å². The van der Waals surface area contributed by atoms with Crippen molar-refractivity contribution in [3.63, 3.8) is 0 Å². The van der Waals surface area contributed by atoms with Crippen LogP contribution in [-0.2, 0) is 11.2 Å². The summed E-state index contributed by atoms with van der Waals surface area (Å²) in [5, 5.41) is 27.8. The average molecular weight is 307 g/mol. The Morgan fingerprint density at radius 3 is 2.47 bits per heavy atom. The predicted octanol–water partition coefficient (Wildman–Crippen LogP) is 2.65. The number of hydrogen-bond donors (Lipinski definition) is 3. The average Bonchev–Trinajstić information content (AvgIpc) is 2.21. The van der Waals surface area contributed by atoms with E-state index >= 15 is 0 Å². The molecule has 0 aliphatic heterocycles. The number of carbonyl (C=O) groups is 1. The summed E-state index contributed by atoms with van der Waals surface area (Å²) in [7, 11) is 0. The first-order valence-corrected chi connectivity index (χ1v) is 5.58. The maximum atomic E-state index is 13.7. The van der Waals surface area contributed by atoms with Gasteiger partial charge in [-0.25, -0.2) is 4.39 Å². The molecule has 4 nitrogen and oxygen atoms in total. The van der Waals surface area contributed by atoms with Gasteiger partial charge in [-0.05, 0) is 36.2 Å². The fraction of sp³-hybridized carbons (Fsp3) is 0.364. The Labute approximate surface area is 106 Å². The highest BCUT2D eigenvalue weighted by molar-refractivity contribution is 9.10. The Morgan fingerprint density at radius 2 is 2.00 bits per heavy atom. The molecule has 0 amide bonds. The fourth-order valence-electron chi connectivity index (χ4n) is 1.33. The highest BCUT2D eigenvalue weighted by Gasteiger charge is 2.31. The smallest absolute Gasteiger partial charge is 0.309 e. The number of aromatic hydroxyl groups is 2. The third-order valence-corrected chi connectivity index (χ3v) is 3.04. The van der Waals surface area contributed by atoms with Crippen LogP contribution >= 0.6 is 15.9 Å². The largest absolute Gasteiger partial charge is 0.504 e. The van der Waals surface area contributed by atoms with Gasteiger partial charge in [0, 0.05) is 11.6 Å². The van der Waals surface area contributed by atoms with Crippen LogP contribution in [-0.4, -0.2) is 21.3 Å². The Kier molecular flexibility index (Phi) is 3.66. The van der Waals surface area contributed by atoms with E-state index in [1.54, 1.807) is 0 Å². The molecular weight excluding hydrogens is 295 g/mol.